The molecule has 0 radical (unpaired) electrons. The van der Waals surface area contributed by atoms with Gasteiger partial charge >= 0.3 is 12.1 Å². The van der Waals surface area contributed by atoms with Gasteiger partial charge in [-0.25, -0.2) is 9.59 Å². The summed E-state index contributed by atoms with van der Waals surface area (Å²) in [7, 11) is 0. The lowest BCUT2D eigenvalue weighted by atomic mass is 10.00. The van der Waals surface area contributed by atoms with Gasteiger partial charge in [0.25, 0.3) is 0 Å². The molecule has 6 nitrogen and oxygen atoms in total. The highest BCUT2D eigenvalue weighted by molar-refractivity contribution is 5.89. The van der Waals surface area contributed by atoms with Crippen LogP contribution >= 0.6 is 0 Å². The first-order valence-corrected chi connectivity index (χ1v) is 9.72. The van der Waals surface area contributed by atoms with E-state index in [4.69, 9.17) is 14.2 Å². The zero-order valence-electron chi connectivity index (χ0n) is 16.6. The van der Waals surface area contributed by atoms with Crippen LogP contribution in [-0.4, -0.2) is 47.4 Å². The molecule has 3 atom stereocenters. The molecule has 6 heteroatoms. The number of ether oxygens (including phenoxy) is 3. The normalized spacial score (nSPS) is 24.4. The average Bonchev–Trinajstić information content (AvgIpc) is 2.85. The van der Waals surface area contributed by atoms with Gasteiger partial charge in [0.05, 0.1) is 12.2 Å². The van der Waals surface area contributed by atoms with Gasteiger partial charge < -0.3 is 19.1 Å². The zero-order valence-corrected chi connectivity index (χ0v) is 16.6. The van der Waals surface area contributed by atoms with Gasteiger partial charge in [-0.05, 0) is 58.7 Å². The SMILES string of the molecule is CCOC(=O)c1cccc(O[C@H]2C[C@H]3CC[C@@H](C2)N3C(=O)OC(C)(C)C)c1. The van der Waals surface area contributed by atoms with Gasteiger partial charge in [-0.2, -0.15) is 0 Å². The maximum Gasteiger partial charge on any atom is 0.410 e. The maximum absolute atomic E-state index is 12.5. The molecule has 1 aromatic carbocycles. The predicted octanol–water partition coefficient (Wildman–Crippen LogP) is 4.17. The molecule has 0 N–H and O–H groups in total. The lowest BCUT2D eigenvalue weighted by Crippen LogP contribution is -2.50. The molecule has 148 valence electrons. The second kappa shape index (κ2) is 7.79. The number of benzene rings is 1. The van der Waals surface area contributed by atoms with E-state index in [2.05, 4.69) is 0 Å². The summed E-state index contributed by atoms with van der Waals surface area (Å²) >= 11 is 0. The van der Waals surface area contributed by atoms with Crippen molar-refractivity contribution in [3.05, 3.63) is 29.8 Å². The molecule has 0 aliphatic carbocycles. The fourth-order valence-corrected chi connectivity index (χ4v) is 3.94. The minimum Gasteiger partial charge on any atom is -0.490 e. The number of hydrogen-bond acceptors (Lipinski definition) is 5. The second-order valence-corrected chi connectivity index (χ2v) is 8.23. The summed E-state index contributed by atoms with van der Waals surface area (Å²) in [5, 5.41) is 0. The Morgan fingerprint density at radius 3 is 2.41 bits per heavy atom. The number of nitrogens with zero attached hydrogens (tertiary/aromatic N) is 1. The van der Waals surface area contributed by atoms with Gasteiger partial charge in [0.2, 0.25) is 0 Å². The van der Waals surface area contributed by atoms with Crippen LogP contribution in [0, 0.1) is 0 Å². The van der Waals surface area contributed by atoms with E-state index < -0.39 is 5.60 Å². The minimum atomic E-state index is -0.489. The Labute approximate surface area is 160 Å². The monoisotopic (exact) mass is 375 g/mol. The fraction of sp³-hybridized carbons (Fsp3) is 0.619. The molecule has 2 heterocycles. The summed E-state index contributed by atoms with van der Waals surface area (Å²) in [5.74, 6) is 0.318. The molecule has 1 aromatic rings. The van der Waals surface area contributed by atoms with Crippen molar-refractivity contribution >= 4 is 12.1 Å². The standard InChI is InChI=1S/C21H29NO5/c1-5-25-19(23)14-7-6-8-17(11-14)26-18-12-15-9-10-16(13-18)22(15)20(24)27-21(2,3)4/h6-8,11,15-16,18H,5,9-10,12-13H2,1-4H3/t15-,16+,18+. The van der Waals surface area contributed by atoms with Crippen LogP contribution in [0.3, 0.4) is 0 Å². The smallest absolute Gasteiger partial charge is 0.410 e. The van der Waals surface area contributed by atoms with E-state index in [0.29, 0.717) is 17.9 Å². The number of hydrogen-bond donors (Lipinski definition) is 0. The Morgan fingerprint density at radius 2 is 1.81 bits per heavy atom. The molecule has 2 bridgehead atoms. The van der Waals surface area contributed by atoms with Crippen LogP contribution in [-0.2, 0) is 9.47 Å². The number of rotatable bonds is 4. The predicted molar refractivity (Wildman–Crippen MR) is 101 cm³/mol. The summed E-state index contributed by atoms with van der Waals surface area (Å²) in [4.78, 5) is 26.3. The first kappa shape index (κ1) is 19.5. The van der Waals surface area contributed by atoms with Gasteiger partial charge in [0, 0.05) is 24.9 Å². The molecule has 2 saturated heterocycles. The molecule has 2 fully saturated rings. The molecular weight excluding hydrogens is 346 g/mol. The molecule has 3 rings (SSSR count). The van der Waals surface area contributed by atoms with E-state index in [0.717, 1.165) is 25.7 Å². The van der Waals surface area contributed by atoms with Gasteiger partial charge in [0.15, 0.2) is 0 Å². The molecule has 0 aromatic heterocycles. The third-order valence-electron chi connectivity index (χ3n) is 4.94. The van der Waals surface area contributed by atoms with E-state index in [1.165, 1.54) is 0 Å². The second-order valence-electron chi connectivity index (χ2n) is 8.23. The van der Waals surface area contributed by atoms with Crippen LogP contribution in [0.1, 0.15) is 63.7 Å². The van der Waals surface area contributed by atoms with Crippen molar-refractivity contribution in [1.29, 1.82) is 0 Å². The van der Waals surface area contributed by atoms with Gasteiger partial charge in [-0.3, -0.25) is 0 Å². The van der Waals surface area contributed by atoms with Crippen molar-refractivity contribution < 1.29 is 23.8 Å². The molecule has 27 heavy (non-hydrogen) atoms. The highest BCUT2D eigenvalue weighted by Gasteiger charge is 2.45. The van der Waals surface area contributed by atoms with Crippen molar-refractivity contribution in [2.45, 2.75) is 77.2 Å². The summed E-state index contributed by atoms with van der Waals surface area (Å²) in [5.41, 5.74) is 0.000682. The van der Waals surface area contributed by atoms with E-state index in [1.807, 2.05) is 31.7 Å². The zero-order chi connectivity index (χ0) is 19.6. The Kier molecular flexibility index (Phi) is 5.63. The number of carbonyl (C=O) groups excluding carboxylic acids is 2. The number of carbonyl (C=O) groups is 2. The van der Waals surface area contributed by atoms with Crippen LogP contribution in [0.5, 0.6) is 5.75 Å². The maximum atomic E-state index is 12.5. The van der Waals surface area contributed by atoms with Gasteiger partial charge in [-0.15, -0.1) is 0 Å². The Hall–Kier alpha value is -2.24. The topological polar surface area (TPSA) is 65.1 Å². The van der Waals surface area contributed by atoms with Crippen LogP contribution in [0.25, 0.3) is 0 Å². The van der Waals surface area contributed by atoms with Crippen LogP contribution in [0.4, 0.5) is 4.79 Å². The van der Waals surface area contributed by atoms with Crippen molar-refractivity contribution in [2.24, 2.45) is 0 Å². The van der Waals surface area contributed by atoms with E-state index in [9.17, 15) is 9.59 Å². The van der Waals surface area contributed by atoms with Crippen LogP contribution in [0.2, 0.25) is 0 Å². The lowest BCUT2D eigenvalue weighted by molar-refractivity contribution is -0.00713. The highest BCUT2D eigenvalue weighted by atomic mass is 16.6. The van der Waals surface area contributed by atoms with Crippen molar-refractivity contribution in [3.8, 4) is 5.75 Å². The van der Waals surface area contributed by atoms with Crippen molar-refractivity contribution in [1.82, 2.24) is 4.90 Å². The van der Waals surface area contributed by atoms with E-state index >= 15 is 0 Å². The number of esters is 1. The lowest BCUT2D eigenvalue weighted by Gasteiger charge is -2.39. The molecule has 0 unspecified atom stereocenters. The van der Waals surface area contributed by atoms with E-state index in [1.54, 1.807) is 25.1 Å². The van der Waals surface area contributed by atoms with Gasteiger partial charge in [-0.1, -0.05) is 6.07 Å². The molecule has 2 aliphatic heterocycles. The van der Waals surface area contributed by atoms with Crippen molar-refractivity contribution in [2.75, 3.05) is 6.61 Å². The number of fused-ring (bicyclic) bond motifs is 2. The highest BCUT2D eigenvalue weighted by Crippen LogP contribution is 2.38. The molecular formula is C21H29NO5. The molecule has 2 aliphatic rings. The van der Waals surface area contributed by atoms with Crippen LogP contribution < -0.4 is 4.74 Å². The Bertz CT molecular complexity index is 682. The summed E-state index contributed by atoms with van der Waals surface area (Å²) in [6, 6.07) is 7.39. The summed E-state index contributed by atoms with van der Waals surface area (Å²) in [6.45, 7) is 7.79. The molecule has 0 spiro atoms. The third kappa shape index (κ3) is 4.73. The van der Waals surface area contributed by atoms with Crippen molar-refractivity contribution in [3.63, 3.8) is 0 Å². The third-order valence-corrected chi connectivity index (χ3v) is 4.94. The Balaban J connectivity index is 1.63. The fourth-order valence-electron chi connectivity index (χ4n) is 3.94. The largest absolute Gasteiger partial charge is 0.490 e. The molecule has 1 amide bonds. The summed E-state index contributed by atoms with van der Waals surface area (Å²) < 4.78 is 16.8. The number of amides is 1. The van der Waals surface area contributed by atoms with E-state index in [-0.39, 0.29) is 30.3 Å². The van der Waals surface area contributed by atoms with Gasteiger partial charge in [0.1, 0.15) is 17.5 Å². The summed E-state index contributed by atoms with van der Waals surface area (Å²) in [6.07, 6.45) is 3.31. The number of piperidine rings is 1. The average molecular weight is 375 g/mol. The molecule has 0 saturated carbocycles. The minimum absolute atomic E-state index is 0.0265. The van der Waals surface area contributed by atoms with Crippen LogP contribution in [0.15, 0.2) is 24.3 Å². The first-order valence-electron chi connectivity index (χ1n) is 9.72. The first-order chi connectivity index (χ1) is 12.8. The quantitative estimate of drug-likeness (QED) is 0.739. The Morgan fingerprint density at radius 1 is 1.15 bits per heavy atom.